The first kappa shape index (κ1) is 9.74. The maximum absolute atomic E-state index is 5.50. The minimum absolute atomic E-state index is 0.103. The zero-order chi connectivity index (χ0) is 7.94. The SMILES string of the molecule is ICCCO[C@H]1CCCCO1. The average Bonchev–Trinajstić information content (AvgIpc) is 2.07. The van der Waals surface area contributed by atoms with Crippen molar-refractivity contribution in [2.75, 3.05) is 17.6 Å². The molecule has 1 aliphatic heterocycles. The van der Waals surface area contributed by atoms with E-state index in [9.17, 15) is 0 Å². The van der Waals surface area contributed by atoms with Gasteiger partial charge in [-0.2, -0.15) is 0 Å². The molecule has 0 radical (unpaired) electrons. The highest BCUT2D eigenvalue weighted by atomic mass is 127. The van der Waals surface area contributed by atoms with Crippen molar-refractivity contribution in [2.24, 2.45) is 0 Å². The topological polar surface area (TPSA) is 18.5 Å². The minimum atomic E-state index is 0.103. The molecular weight excluding hydrogens is 255 g/mol. The van der Waals surface area contributed by atoms with E-state index in [-0.39, 0.29) is 6.29 Å². The Balaban J connectivity index is 1.96. The van der Waals surface area contributed by atoms with E-state index in [2.05, 4.69) is 22.6 Å². The number of halogens is 1. The first-order valence-electron chi connectivity index (χ1n) is 4.22. The van der Waals surface area contributed by atoms with Gasteiger partial charge < -0.3 is 9.47 Å². The summed E-state index contributed by atoms with van der Waals surface area (Å²) in [6.45, 7) is 1.74. The summed E-state index contributed by atoms with van der Waals surface area (Å²) in [5, 5.41) is 0. The monoisotopic (exact) mass is 270 g/mol. The van der Waals surface area contributed by atoms with Crippen LogP contribution in [0.5, 0.6) is 0 Å². The molecule has 0 amide bonds. The molecule has 0 unspecified atom stereocenters. The van der Waals surface area contributed by atoms with E-state index >= 15 is 0 Å². The van der Waals surface area contributed by atoms with Crippen LogP contribution in [-0.4, -0.2) is 23.9 Å². The van der Waals surface area contributed by atoms with Gasteiger partial charge in [-0.25, -0.2) is 0 Å². The molecule has 11 heavy (non-hydrogen) atoms. The molecule has 1 aliphatic rings. The van der Waals surface area contributed by atoms with Crippen LogP contribution in [0.15, 0.2) is 0 Å². The molecule has 0 N–H and O–H groups in total. The summed E-state index contributed by atoms with van der Waals surface area (Å²) in [6, 6.07) is 0. The molecule has 1 saturated heterocycles. The van der Waals surface area contributed by atoms with Crippen LogP contribution in [0.3, 0.4) is 0 Å². The summed E-state index contributed by atoms with van der Waals surface area (Å²) in [5.41, 5.74) is 0. The van der Waals surface area contributed by atoms with Gasteiger partial charge in [0.1, 0.15) is 0 Å². The Morgan fingerprint density at radius 3 is 3.00 bits per heavy atom. The Labute approximate surface area is 81.8 Å². The smallest absolute Gasteiger partial charge is 0.157 e. The Hall–Kier alpha value is 0.650. The van der Waals surface area contributed by atoms with Gasteiger partial charge in [-0.3, -0.25) is 0 Å². The van der Waals surface area contributed by atoms with Gasteiger partial charge in [0.15, 0.2) is 6.29 Å². The Bertz CT molecular complexity index is 92.1. The van der Waals surface area contributed by atoms with Gasteiger partial charge in [0.05, 0.1) is 6.61 Å². The highest BCUT2D eigenvalue weighted by Crippen LogP contribution is 2.13. The lowest BCUT2D eigenvalue weighted by molar-refractivity contribution is -0.161. The van der Waals surface area contributed by atoms with E-state index in [1.165, 1.54) is 17.3 Å². The molecule has 66 valence electrons. The van der Waals surface area contributed by atoms with Gasteiger partial charge in [-0.15, -0.1) is 0 Å². The van der Waals surface area contributed by atoms with Crippen LogP contribution in [-0.2, 0) is 9.47 Å². The molecule has 2 nitrogen and oxygen atoms in total. The molecule has 3 heteroatoms. The summed E-state index contributed by atoms with van der Waals surface area (Å²) in [5.74, 6) is 0. The first-order valence-corrected chi connectivity index (χ1v) is 5.75. The molecule has 0 aromatic heterocycles. The fourth-order valence-electron chi connectivity index (χ4n) is 1.11. The molecule has 1 heterocycles. The van der Waals surface area contributed by atoms with Crippen molar-refractivity contribution in [3.63, 3.8) is 0 Å². The zero-order valence-corrected chi connectivity index (χ0v) is 8.88. The second-order valence-electron chi connectivity index (χ2n) is 2.71. The van der Waals surface area contributed by atoms with Crippen molar-refractivity contribution in [3.05, 3.63) is 0 Å². The van der Waals surface area contributed by atoms with Gasteiger partial charge in [0, 0.05) is 11.0 Å². The van der Waals surface area contributed by atoms with Crippen LogP contribution >= 0.6 is 22.6 Å². The second-order valence-corrected chi connectivity index (χ2v) is 3.79. The largest absolute Gasteiger partial charge is 0.353 e. The summed E-state index contributed by atoms with van der Waals surface area (Å²) in [6.07, 6.45) is 4.79. The van der Waals surface area contributed by atoms with Crippen molar-refractivity contribution in [3.8, 4) is 0 Å². The van der Waals surface area contributed by atoms with Crippen LogP contribution in [0, 0.1) is 0 Å². The van der Waals surface area contributed by atoms with E-state index in [1.54, 1.807) is 0 Å². The number of hydrogen-bond donors (Lipinski definition) is 0. The Kier molecular flexibility index (Phi) is 5.49. The third-order valence-corrected chi connectivity index (χ3v) is 2.48. The molecule has 0 aliphatic carbocycles. The first-order chi connectivity index (χ1) is 5.43. The lowest BCUT2D eigenvalue weighted by atomic mass is 10.2. The summed E-state index contributed by atoms with van der Waals surface area (Å²) in [7, 11) is 0. The van der Waals surface area contributed by atoms with Crippen LogP contribution in [0.1, 0.15) is 25.7 Å². The molecule has 0 aromatic rings. The van der Waals surface area contributed by atoms with Crippen molar-refractivity contribution < 1.29 is 9.47 Å². The van der Waals surface area contributed by atoms with Crippen molar-refractivity contribution >= 4 is 22.6 Å². The van der Waals surface area contributed by atoms with Crippen molar-refractivity contribution in [1.29, 1.82) is 0 Å². The standard InChI is InChI=1S/C8H15IO2/c9-5-3-7-11-8-4-1-2-6-10-8/h8H,1-7H2/t8-/m0/s1. The van der Waals surface area contributed by atoms with E-state index in [1.807, 2.05) is 0 Å². The third kappa shape index (κ3) is 4.28. The predicted octanol–water partition coefficient (Wildman–Crippen LogP) is 2.35. The predicted molar refractivity (Wildman–Crippen MR) is 53.0 cm³/mol. The molecule has 0 saturated carbocycles. The highest BCUT2D eigenvalue weighted by molar-refractivity contribution is 14.1. The quantitative estimate of drug-likeness (QED) is 0.443. The van der Waals surface area contributed by atoms with Crippen LogP contribution < -0.4 is 0 Å². The molecule has 1 fully saturated rings. The van der Waals surface area contributed by atoms with Gasteiger partial charge in [0.2, 0.25) is 0 Å². The Morgan fingerprint density at radius 1 is 1.45 bits per heavy atom. The van der Waals surface area contributed by atoms with E-state index < -0.39 is 0 Å². The number of ether oxygens (including phenoxy) is 2. The molecule has 1 atom stereocenters. The Morgan fingerprint density at radius 2 is 2.36 bits per heavy atom. The molecule has 0 aromatic carbocycles. The number of rotatable bonds is 4. The average molecular weight is 270 g/mol. The second kappa shape index (κ2) is 6.20. The van der Waals surface area contributed by atoms with Crippen LogP contribution in [0.4, 0.5) is 0 Å². The molecule has 0 spiro atoms. The maximum atomic E-state index is 5.50. The fraction of sp³-hybridized carbons (Fsp3) is 1.00. The lowest BCUT2D eigenvalue weighted by Gasteiger charge is -2.22. The summed E-state index contributed by atoms with van der Waals surface area (Å²) in [4.78, 5) is 0. The van der Waals surface area contributed by atoms with Gasteiger partial charge >= 0.3 is 0 Å². The minimum Gasteiger partial charge on any atom is -0.353 e. The van der Waals surface area contributed by atoms with E-state index in [0.717, 1.165) is 26.1 Å². The van der Waals surface area contributed by atoms with E-state index in [0.29, 0.717) is 0 Å². The fourth-order valence-corrected chi connectivity index (χ4v) is 1.42. The van der Waals surface area contributed by atoms with E-state index in [4.69, 9.17) is 9.47 Å². The number of alkyl halides is 1. The normalized spacial score (nSPS) is 25.4. The summed E-state index contributed by atoms with van der Waals surface area (Å²) < 4.78 is 12.1. The maximum Gasteiger partial charge on any atom is 0.157 e. The number of hydrogen-bond acceptors (Lipinski definition) is 2. The lowest BCUT2D eigenvalue weighted by Crippen LogP contribution is -2.22. The van der Waals surface area contributed by atoms with Crippen molar-refractivity contribution in [2.45, 2.75) is 32.0 Å². The molecular formula is C8H15IO2. The van der Waals surface area contributed by atoms with Crippen molar-refractivity contribution in [1.82, 2.24) is 0 Å². The third-order valence-electron chi connectivity index (χ3n) is 1.72. The van der Waals surface area contributed by atoms with Gasteiger partial charge in [-0.1, -0.05) is 22.6 Å². The van der Waals surface area contributed by atoms with Crippen LogP contribution in [0.25, 0.3) is 0 Å². The molecule has 0 bridgehead atoms. The zero-order valence-electron chi connectivity index (χ0n) is 6.72. The molecule has 1 rings (SSSR count). The van der Waals surface area contributed by atoms with Gasteiger partial charge in [-0.05, 0) is 25.7 Å². The highest BCUT2D eigenvalue weighted by Gasteiger charge is 2.12. The van der Waals surface area contributed by atoms with Gasteiger partial charge in [0.25, 0.3) is 0 Å². The summed E-state index contributed by atoms with van der Waals surface area (Å²) >= 11 is 2.36. The van der Waals surface area contributed by atoms with Crippen LogP contribution in [0.2, 0.25) is 0 Å².